The molecule has 0 heterocycles. The Kier molecular flexibility index (Phi) is 4.80. The molecule has 112 valence electrons. The van der Waals surface area contributed by atoms with Crippen molar-refractivity contribution in [1.29, 1.82) is 0 Å². The molecule has 1 aliphatic carbocycles. The largest absolute Gasteiger partial charge is 0.395 e. The van der Waals surface area contributed by atoms with Crippen LogP contribution in [-0.4, -0.2) is 11.7 Å². The van der Waals surface area contributed by atoms with E-state index in [9.17, 15) is 5.11 Å². The van der Waals surface area contributed by atoms with Crippen molar-refractivity contribution in [3.05, 3.63) is 70.7 Å². The first-order chi connectivity index (χ1) is 9.91. The molecule has 0 spiro atoms. The molecule has 1 N–H and O–H groups in total. The van der Waals surface area contributed by atoms with Crippen LogP contribution in [0.1, 0.15) is 32.8 Å². The van der Waals surface area contributed by atoms with Gasteiger partial charge in [-0.3, -0.25) is 0 Å². The van der Waals surface area contributed by atoms with Crippen LogP contribution in [0.4, 0.5) is 0 Å². The maximum absolute atomic E-state index is 10.4. The molecule has 0 fully saturated rings. The second kappa shape index (κ2) is 6.25. The van der Waals surface area contributed by atoms with E-state index in [1.165, 1.54) is 0 Å². The van der Waals surface area contributed by atoms with Gasteiger partial charge in [0.05, 0.1) is 6.61 Å². The molecule has 0 amide bonds. The average molecular weight is 300 g/mol. The topological polar surface area (TPSA) is 20.2 Å². The van der Waals surface area contributed by atoms with Crippen LogP contribution in [0, 0.1) is 5.41 Å². The summed E-state index contributed by atoms with van der Waals surface area (Å²) in [5.74, 6) is 0. The molecule has 1 aliphatic rings. The third kappa shape index (κ3) is 3.02. The van der Waals surface area contributed by atoms with Crippen molar-refractivity contribution in [2.75, 3.05) is 6.61 Å². The van der Waals surface area contributed by atoms with Crippen molar-refractivity contribution >= 4 is 12.6 Å². The fraction of sp³-hybridized carbons (Fsp3) is 0.368. The predicted octanol–water partition coefficient (Wildman–Crippen LogP) is 4.66. The second-order valence-corrected chi connectivity index (χ2v) is 7.05. The molecule has 1 aromatic rings. The highest BCUT2D eigenvalue weighted by atomic mass is 32.1. The molecule has 1 aromatic carbocycles. The number of allylic oxidation sites excluding steroid dienone is 4. The van der Waals surface area contributed by atoms with E-state index >= 15 is 0 Å². The zero-order valence-corrected chi connectivity index (χ0v) is 13.9. The molecule has 0 saturated heterocycles. The Morgan fingerprint density at radius 2 is 1.71 bits per heavy atom. The summed E-state index contributed by atoms with van der Waals surface area (Å²) < 4.78 is 0. The summed E-state index contributed by atoms with van der Waals surface area (Å²) in [6.07, 6.45) is 9.24. The Bertz CT molecular complexity index is 575. The van der Waals surface area contributed by atoms with Crippen LogP contribution in [0.3, 0.4) is 0 Å². The van der Waals surface area contributed by atoms with Crippen LogP contribution in [0.25, 0.3) is 0 Å². The van der Waals surface area contributed by atoms with Crippen molar-refractivity contribution in [3.63, 3.8) is 0 Å². The van der Waals surface area contributed by atoms with E-state index in [1.807, 2.05) is 24.3 Å². The van der Waals surface area contributed by atoms with E-state index in [0.29, 0.717) is 0 Å². The molecule has 1 nitrogen and oxygen atoms in total. The van der Waals surface area contributed by atoms with E-state index in [4.69, 9.17) is 0 Å². The number of benzene rings is 1. The summed E-state index contributed by atoms with van der Waals surface area (Å²) in [6, 6.07) is 10.3. The highest BCUT2D eigenvalue weighted by Gasteiger charge is 2.45. The zero-order valence-electron chi connectivity index (χ0n) is 13.0. The maximum Gasteiger partial charge on any atom is 0.0573 e. The van der Waals surface area contributed by atoms with Crippen LogP contribution in [0.2, 0.25) is 0 Å². The minimum Gasteiger partial charge on any atom is -0.395 e. The van der Waals surface area contributed by atoms with Crippen LogP contribution in [0.15, 0.2) is 65.1 Å². The van der Waals surface area contributed by atoms with Crippen LogP contribution < -0.4 is 0 Å². The van der Waals surface area contributed by atoms with Gasteiger partial charge in [-0.15, -0.1) is 12.6 Å². The van der Waals surface area contributed by atoms with Gasteiger partial charge < -0.3 is 5.11 Å². The van der Waals surface area contributed by atoms with Gasteiger partial charge in [-0.25, -0.2) is 0 Å². The van der Waals surface area contributed by atoms with Crippen molar-refractivity contribution in [2.24, 2.45) is 5.41 Å². The lowest BCUT2D eigenvalue weighted by molar-refractivity contribution is 0.121. The number of rotatable bonds is 3. The summed E-state index contributed by atoms with van der Waals surface area (Å²) in [5.41, 5.74) is 1.78. The van der Waals surface area contributed by atoms with Gasteiger partial charge in [0, 0.05) is 10.3 Å². The molecule has 21 heavy (non-hydrogen) atoms. The van der Waals surface area contributed by atoms with Gasteiger partial charge in [0.1, 0.15) is 0 Å². The van der Waals surface area contributed by atoms with Crippen LogP contribution >= 0.6 is 12.6 Å². The van der Waals surface area contributed by atoms with Crippen molar-refractivity contribution in [1.82, 2.24) is 0 Å². The lowest BCUT2D eigenvalue weighted by Crippen LogP contribution is -2.45. The van der Waals surface area contributed by atoms with Gasteiger partial charge in [0.25, 0.3) is 0 Å². The molecule has 2 rings (SSSR count). The molecule has 0 bridgehead atoms. The molecule has 0 aromatic heterocycles. The monoisotopic (exact) mass is 300 g/mol. The van der Waals surface area contributed by atoms with Gasteiger partial charge in [-0.05, 0) is 29.0 Å². The number of hydrogen-bond donors (Lipinski definition) is 2. The molecular formula is C19H24OS. The quantitative estimate of drug-likeness (QED) is 0.778. The third-order valence-corrected chi connectivity index (χ3v) is 4.71. The van der Waals surface area contributed by atoms with Gasteiger partial charge >= 0.3 is 0 Å². The standard InChI is InChI=1S/C19H24OS/c1-18(2,3)19(14-20,15-8-5-4-6-9-15)16-10-7-11-17(21)13-12-16/h4-6,8-13,20-21H,7,14H2,1-3H3. The van der Waals surface area contributed by atoms with E-state index < -0.39 is 5.41 Å². The normalized spacial score (nSPS) is 18.5. The number of thiol groups is 1. The van der Waals surface area contributed by atoms with Gasteiger partial charge in [-0.2, -0.15) is 0 Å². The molecule has 0 aliphatic heterocycles. The Hall–Kier alpha value is -1.25. The van der Waals surface area contributed by atoms with Crippen molar-refractivity contribution in [2.45, 2.75) is 32.6 Å². The Labute approximate surface area is 133 Å². The van der Waals surface area contributed by atoms with Crippen molar-refractivity contribution < 1.29 is 5.11 Å². The lowest BCUT2D eigenvalue weighted by atomic mass is 9.59. The highest BCUT2D eigenvalue weighted by Crippen LogP contribution is 2.48. The first kappa shape index (κ1) is 16.1. The molecule has 1 atom stereocenters. The SMILES string of the molecule is CC(C)(C)C(CO)(C1=CCC=C(S)C=C1)c1ccccc1. The molecular weight excluding hydrogens is 276 g/mol. The molecule has 2 heteroatoms. The number of aliphatic hydroxyl groups excluding tert-OH is 1. The number of hydrogen-bond acceptors (Lipinski definition) is 2. The summed E-state index contributed by atoms with van der Waals surface area (Å²) >= 11 is 4.43. The lowest BCUT2D eigenvalue weighted by Gasteiger charge is -2.45. The van der Waals surface area contributed by atoms with Gasteiger partial charge in [0.15, 0.2) is 0 Å². The van der Waals surface area contributed by atoms with Gasteiger partial charge in [-0.1, -0.05) is 69.3 Å². The molecule has 1 unspecified atom stereocenters. The minimum atomic E-state index is -0.420. The summed E-state index contributed by atoms with van der Waals surface area (Å²) in [4.78, 5) is 0.968. The van der Waals surface area contributed by atoms with E-state index in [2.05, 4.69) is 63.8 Å². The smallest absolute Gasteiger partial charge is 0.0573 e. The molecule has 0 saturated carbocycles. The minimum absolute atomic E-state index is 0.0819. The third-order valence-electron chi connectivity index (χ3n) is 4.38. The first-order valence-corrected chi connectivity index (χ1v) is 7.81. The summed E-state index contributed by atoms with van der Waals surface area (Å²) in [5, 5.41) is 10.4. The fourth-order valence-electron chi connectivity index (χ4n) is 3.11. The number of aliphatic hydroxyl groups is 1. The van der Waals surface area contributed by atoms with E-state index in [1.54, 1.807) is 0 Å². The van der Waals surface area contributed by atoms with Crippen LogP contribution in [-0.2, 0) is 5.41 Å². The predicted molar refractivity (Wildman–Crippen MR) is 93.6 cm³/mol. The van der Waals surface area contributed by atoms with E-state index in [0.717, 1.165) is 22.5 Å². The summed E-state index contributed by atoms with van der Waals surface area (Å²) in [6.45, 7) is 6.64. The zero-order chi connectivity index (χ0) is 15.5. The Balaban J connectivity index is 2.63. The van der Waals surface area contributed by atoms with Crippen molar-refractivity contribution in [3.8, 4) is 0 Å². The van der Waals surface area contributed by atoms with E-state index in [-0.39, 0.29) is 12.0 Å². The average Bonchev–Trinajstić information content (AvgIpc) is 2.65. The summed E-state index contributed by atoms with van der Waals surface area (Å²) in [7, 11) is 0. The maximum atomic E-state index is 10.4. The fourth-order valence-corrected chi connectivity index (χ4v) is 3.29. The van der Waals surface area contributed by atoms with Crippen LogP contribution in [0.5, 0.6) is 0 Å². The molecule has 0 radical (unpaired) electrons. The Morgan fingerprint density at radius 3 is 2.29 bits per heavy atom. The van der Waals surface area contributed by atoms with Gasteiger partial charge in [0.2, 0.25) is 0 Å². The second-order valence-electron chi connectivity index (χ2n) is 6.54. The first-order valence-electron chi connectivity index (χ1n) is 7.36. The Morgan fingerprint density at radius 1 is 1.05 bits per heavy atom. The highest BCUT2D eigenvalue weighted by molar-refractivity contribution is 7.84.